The van der Waals surface area contributed by atoms with Crippen LogP contribution in [0.4, 0.5) is 5.69 Å². The van der Waals surface area contributed by atoms with E-state index in [0.717, 1.165) is 42.9 Å². The van der Waals surface area contributed by atoms with Crippen molar-refractivity contribution in [1.82, 2.24) is 0 Å². The molecule has 0 spiro atoms. The van der Waals surface area contributed by atoms with E-state index in [9.17, 15) is 4.79 Å². The molecule has 2 aromatic rings. The van der Waals surface area contributed by atoms with E-state index in [-0.39, 0.29) is 11.9 Å². The lowest BCUT2D eigenvalue weighted by Gasteiger charge is -2.22. The van der Waals surface area contributed by atoms with E-state index in [2.05, 4.69) is 17.4 Å². The molecule has 28 heavy (non-hydrogen) atoms. The second kappa shape index (κ2) is 8.41. The van der Waals surface area contributed by atoms with E-state index in [1.165, 1.54) is 10.5 Å². The maximum Gasteiger partial charge on any atom is 0.279 e. The third-order valence-electron chi connectivity index (χ3n) is 5.44. The van der Waals surface area contributed by atoms with Crippen LogP contribution in [0.15, 0.2) is 36.4 Å². The molecule has 148 valence electrons. The number of carbonyl (C=O) groups excluding carboxylic acids is 1. The average molecular weight is 402 g/mol. The van der Waals surface area contributed by atoms with Gasteiger partial charge in [0.25, 0.3) is 5.91 Å². The monoisotopic (exact) mass is 401 g/mol. The Bertz CT molecular complexity index is 871. The molecule has 2 aliphatic heterocycles. The molecule has 2 atom stereocenters. The van der Waals surface area contributed by atoms with Crippen LogP contribution in [0.25, 0.3) is 0 Å². The Morgan fingerprint density at radius 3 is 2.79 bits per heavy atom. The van der Waals surface area contributed by atoms with Crippen molar-refractivity contribution >= 4 is 23.2 Å². The van der Waals surface area contributed by atoms with Crippen LogP contribution < -0.4 is 19.7 Å². The summed E-state index contributed by atoms with van der Waals surface area (Å²) in [5.41, 5.74) is 2.95. The number of aryl methyl sites for hydroxylation is 1. The van der Waals surface area contributed by atoms with Crippen molar-refractivity contribution in [2.75, 3.05) is 31.6 Å². The van der Waals surface area contributed by atoms with Gasteiger partial charge in [-0.15, -0.1) is 0 Å². The van der Waals surface area contributed by atoms with Gasteiger partial charge in [-0.05, 0) is 42.8 Å². The second-order valence-corrected chi connectivity index (χ2v) is 7.98. The van der Waals surface area contributed by atoms with Gasteiger partial charge in [-0.1, -0.05) is 17.7 Å². The molecule has 2 N–H and O–H groups in total. The molecule has 1 amide bonds. The van der Waals surface area contributed by atoms with Crippen LogP contribution in [0.1, 0.15) is 36.4 Å². The topological polar surface area (TPSA) is 52.0 Å². The molecule has 0 bridgehead atoms. The van der Waals surface area contributed by atoms with Gasteiger partial charge in [0.15, 0.2) is 18.0 Å². The van der Waals surface area contributed by atoms with Crippen molar-refractivity contribution in [2.24, 2.45) is 0 Å². The highest BCUT2D eigenvalue weighted by molar-refractivity contribution is 6.33. The highest BCUT2D eigenvalue weighted by Crippen LogP contribution is 2.33. The van der Waals surface area contributed by atoms with Gasteiger partial charge in [-0.3, -0.25) is 4.79 Å². The van der Waals surface area contributed by atoms with Gasteiger partial charge in [0.2, 0.25) is 0 Å². The zero-order valence-corrected chi connectivity index (χ0v) is 16.8. The van der Waals surface area contributed by atoms with E-state index in [0.29, 0.717) is 30.5 Å². The fourth-order valence-corrected chi connectivity index (χ4v) is 4.33. The molecular formula is C22H26ClN2O3+. The highest BCUT2D eigenvalue weighted by atomic mass is 35.5. The van der Waals surface area contributed by atoms with Gasteiger partial charge in [0, 0.05) is 24.8 Å². The van der Waals surface area contributed by atoms with Gasteiger partial charge >= 0.3 is 0 Å². The maximum atomic E-state index is 12.6. The minimum Gasteiger partial charge on any atom is -0.490 e. The summed E-state index contributed by atoms with van der Waals surface area (Å²) in [6.45, 7) is 4.75. The van der Waals surface area contributed by atoms with Crippen molar-refractivity contribution in [3.05, 3.63) is 52.5 Å². The Labute approximate surface area is 170 Å². The summed E-state index contributed by atoms with van der Waals surface area (Å²) in [4.78, 5) is 13.9. The molecule has 4 rings (SSSR count). The molecule has 0 aromatic heterocycles. The lowest BCUT2D eigenvalue weighted by atomic mass is 10.0. The summed E-state index contributed by atoms with van der Waals surface area (Å²) in [5.74, 6) is 1.62. The zero-order chi connectivity index (χ0) is 19.5. The quantitative estimate of drug-likeness (QED) is 0.827. The first kappa shape index (κ1) is 19.1. The molecule has 0 aliphatic carbocycles. The number of fused-ring (bicyclic) bond motifs is 1. The molecule has 1 fully saturated rings. The van der Waals surface area contributed by atoms with Gasteiger partial charge in [-0.25, -0.2) is 0 Å². The van der Waals surface area contributed by atoms with Crippen LogP contribution in [0.3, 0.4) is 0 Å². The number of rotatable bonds is 4. The summed E-state index contributed by atoms with van der Waals surface area (Å²) in [6, 6.07) is 12.2. The molecular weight excluding hydrogens is 376 g/mol. The molecule has 0 saturated carbocycles. The van der Waals surface area contributed by atoms with Crippen molar-refractivity contribution in [2.45, 2.75) is 32.2 Å². The predicted molar refractivity (Wildman–Crippen MR) is 110 cm³/mol. The minimum atomic E-state index is -0.0120. The van der Waals surface area contributed by atoms with Crippen molar-refractivity contribution < 1.29 is 19.2 Å². The van der Waals surface area contributed by atoms with E-state index in [4.69, 9.17) is 21.1 Å². The van der Waals surface area contributed by atoms with Crippen LogP contribution in [-0.2, 0) is 4.79 Å². The third-order valence-corrected chi connectivity index (χ3v) is 5.76. The highest BCUT2D eigenvalue weighted by Gasteiger charge is 2.32. The van der Waals surface area contributed by atoms with Crippen molar-refractivity contribution in [3.63, 3.8) is 0 Å². The Morgan fingerprint density at radius 1 is 1.14 bits per heavy atom. The number of nitrogens with one attached hydrogen (secondary N) is 2. The fourth-order valence-electron chi connectivity index (χ4n) is 4.04. The number of anilines is 1. The summed E-state index contributed by atoms with van der Waals surface area (Å²) in [6.07, 6.45) is 3.06. The van der Waals surface area contributed by atoms with Gasteiger partial charge < -0.3 is 19.7 Å². The molecule has 2 aromatic carbocycles. The number of carbonyl (C=O) groups is 1. The summed E-state index contributed by atoms with van der Waals surface area (Å²) in [5, 5.41) is 3.53. The number of benzene rings is 2. The number of quaternary nitrogens is 1. The first-order valence-electron chi connectivity index (χ1n) is 9.90. The average Bonchev–Trinajstić information content (AvgIpc) is 2.99. The number of amides is 1. The fraction of sp³-hybridized carbons (Fsp3) is 0.409. The number of halogens is 1. The number of hydrogen-bond acceptors (Lipinski definition) is 3. The zero-order valence-electron chi connectivity index (χ0n) is 16.1. The van der Waals surface area contributed by atoms with Crippen molar-refractivity contribution in [1.29, 1.82) is 0 Å². The molecule has 5 nitrogen and oxygen atoms in total. The normalized spacial score (nSPS) is 21.2. The van der Waals surface area contributed by atoms with E-state index in [1.54, 1.807) is 0 Å². The summed E-state index contributed by atoms with van der Waals surface area (Å²) >= 11 is 6.25. The Hall–Kier alpha value is -2.24. The smallest absolute Gasteiger partial charge is 0.279 e. The Kier molecular flexibility index (Phi) is 5.74. The second-order valence-electron chi connectivity index (χ2n) is 7.57. The molecule has 6 heteroatoms. The lowest BCUT2D eigenvalue weighted by Crippen LogP contribution is -3.11. The molecule has 1 saturated heterocycles. The number of ether oxygens (including phenoxy) is 2. The van der Waals surface area contributed by atoms with E-state index in [1.807, 2.05) is 31.2 Å². The van der Waals surface area contributed by atoms with E-state index >= 15 is 0 Å². The van der Waals surface area contributed by atoms with Crippen LogP contribution in [0.2, 0.25) is 5.02 Å². The molecule has 2 heterocycles. The van der Waals surface area contributed by atoms with Crippen LogP contribution in [0, 0.1) is 6.92 Å². The lowest BCUT2D eigenvalue weighted by molar-refractivity contribution is -0.910. The summed E-state index contributed by atoms with van der Waals surface area (Å²) < 4.78 is 11.6. The predicted octanol–water partition coefficient (Wildman–Crippen LogP) is 3.17. The third kappa shape index (κ3) is 4.26. The molecule has 2 aliphatic rings. The molecule has 1 unspecified atom stereocenters. The first-order chi connectivity index (χ1) is 13.6. The van der Waals surface area contributed by atoms with Gasteiger partial charge in [0.1, 0.15) is 6.04 Å². The first-order valence-corrected chi connectivity index (χ1v) is 10.3. The standard InChI is InChI=1S/C22H25ClN2O3/c1-15-5-7-18(17(23)12-15)24-22(26)14-25-9-2-4-19(25)16-6-8-20-21(13-16)28-11-3-10-27-20/h5-8,12-13,19H,2-4,9-11,14H2,1H3,(H,24,26)/p+1/t19-/m1/s1. The SMILES string of the molecule is Cc1ccc(NC(=O)C[NH+]2CCC[C@@H]2c2ccc3c(c2)OCCCO3)c(Cl)c1. The number of likely N-dealkylation sites (tertiary alicyclic amines) is 1. The van der Waals surface area contributed by atoms with Crippen LogP contribution in [0.5, 0.6) is 11.5 Å². The van der Waals surface area contributed by atoms with Crippen molar-refractivity contribution in [3.8, 4) is 11.5 Å². The summed E-state index contributed by atoms with van der Waals surface area (Å²) in [7, 11) is 0. The Morgan fingerprint density at radius 2 is 1.96 bits per heavy atom. The van der Waals surface area contributed by atoms with Gasteiger partial charge in [0.05, 0.1) is 30.5 Å². The van der Waals surface area contributed by atoms with Crippen LogP contribution >= 0.6 is 11.6 Å². The minimum absolute atomic E-state index is 0.0120. The Balaban J connectivity index is 1.45. The van der Waals surface area contributed by atoms with Gasteiger partial charge in [-0.2, -0.15) is 0 Å². The largest absolute Gasteiger partial charge is 0.490 e. The maximum absolute atomic E-state index is 12.6. The van der Waals surface area contributed by atoms with E-state index < -0.39 is 0 Å². The molecule has 0 radical (unpaired) electrons. The number of hydrogen-bond donors (Lipinski definition) is 2. The van der Waals surface area contributed by atoms with Crippen LogP contribution in [-0.4, -0.2) is 32.2 Å².